The van der Waals surface area contributed by atoms with E-state index in [2.05, 4.69) is 10.5 Å². The molecule has 0 aliphatic carbocycles. The molecule has 3 aromatic rings. The van der Waals surface area contributed by atoms with E-state index in [9.17, 15) is 27.9 Å². The minimum atomic E-state index is -4.56. The van der Waals surface area contributed by atoms with Crippen LogP contribution in [0.4, 0.5) is 13.2 Å². The van der Waals surface area contributed by atoms with Crippen LogP contribution in [0.2, 0.25) is 0 Å². The highest BCUT2D eigenvalue weighted by Gasteiger charge is 2.30. The van der Waals surface area contributed by atoms with Crippen molar-refractivity contribution < 1.29 is 27.9 Å². The van der Waals surface area contributed by atoms with Gasteiger partial charge in [0.05, 0.1) is 23.4 Å². The zero-order valence-electron chi connectivity index (χ0n) is 14.7. The van der Waals surface area contributed by atoms with Crippen molar-refractivity contribution >= 4 is 18.1 Å². The number of aromatic nitrogens is 1. The van der Waals surface area contributed by atoms with Crippen molar-refractivity contribution in [1.82, 2.24) is 9.99 Å². The van der Waals surface area contributed by atoms with Crippen LogP contribution in [0.15, 0.2) is 72.0 Å². The lowest BCUT2D eigenvalue weighted by atomic mass is 10.1. The second-order valence-corrected chi connectivity index (χ2v) is 5.92. The summed E-state index contributed by atoms with van der Waals surface area (Å²) in [5.41, 5.74) is 2.08. The van der Waals surface area contributed by atoms with Crippen molar-refractivity contribution in [2.24, 2.45) is 5.10 Å². The summed E-state index contributed by atoms with van der Waals surface area (Å²) < 4.78 is 39.9. The van der Waals surface area contributed by atoms with Gasteiger partial charge in [-0.05, 0) is 48.0 Å². The van der Waals surface area contributed by atoms with Crippen molar-refractivity contribution in [3.05, 3.63) is 89.2 Å². The number of carbonyl (C=O) groups is 2. The molecule has 0 saturated carbocycles. The molecule has 148 valence electrons. The molecular weight excluding hydrogens is 387 g/mol. The lowest BCUT2D eigenvalue weighted by molar-refractivity contribution is -0.255. The normalized spacial score (nSPS) is 11.6. The van der Waals surface area contributed by atoms with Crippen LogP contribution in [0.3, 0.4) is 0 Å². The molecule has 1 N–H and O–H groups in total. The lowest BCUT2D eigenvalue weighted by Gasteiger charge is -2.09. The van der Waals surface area contributed by atoms with E-state index in [1.54, 1.807) is 35.0 Å². The van der Waals surface area contributed by atoms with Crippen molar-refractivity contribution in [3.63, 3.8) is 0 Å². The van der Waals surface area contributed by atoms with Crippen LogP contribution in [0.25, 0.3) is 5.69 Å². The highest BCUT2D eigenvalue weighted by Crippen LogP contribution is 2.29. The zero-order chi connectivity index (χ0) is 21.0. The van der Waals surface area contributed by atoms with E-state index in [-0.39, 0.29) is 11.1 Å². The third kappa shape index (κ3) is 4.70. The fourth-order valence-corrected chi connectivity index (χ4v) is 2.58. The summed E-state index contributed by atoms with van der Waals surface area (Å²) in [5.74, 6) is -2.12. The number of nitrogens with zero attached hydrogens (tertiary/aromatic N) is 2. The van der Waals surface area contributed by atoms with Crippen molar-refractivity contribution in [2.45, 2.75) is 6.18 Å². The number of halogens is 3. The second-order valence-electron chi connectivity index (χ2n) is 5.92. The van der Waals surface area contributed by atoms with Crippen LogP contribution in [-0.2, 0) is 6.18 Å². The molecule has 0 unspecified atom stereocenters. The molecule has 29 heavy (non-hydrogen) atoms. The first kappa shape index (κ1) is 19.9. The second kappa shape index (κ2) is 8.01. The van der Waals surface area contributed by atoms with E-state index in [1.165, 1.54) is 24.4 Å². The largest absolute Gasteiger partial charge is 0.545 e. The summed E-state index contributed by atoms with van der Waals surface area (Å²) in [6, 6.07) is 13.4. The molecule has 0 aliphatic heterocycles. The molecule has 0 saturated heterocycles. The summed E-state index contributed by atoms with van der Waals surface area (Å²) in [5, 5.41) is 14.8. The standard InChI is InChI=1S/C20H14F3N3O3/c21-20(22,23)15-6-1-4-13(10-15)18(27)25-24-12-17-8-3-9-26(17)16-7-2-5-14(11-16)19(28)29/h1-12H,(H,25,27)(H,28,29)/p-1/b24-12-. The van der Waals surface area contributed by atoms with E-state index in [4.69, 9.17) is 0 Å². The molecule has 0 fully saturated rings. The fraction of sp³-hybridized carbons (Fsp3) is 0.0500. The molecule has 0 bridgehead atoms. The van der Waals surface area contributed by atoms with Gasteiger partial charge in [-0.1, -0.05) is 18.2 Å². The summed E-state index contributed by atoms with van der Waals surface area (Å²) in [7, 11) is 0. The Bertz CT molecular complexity index is 1090. The number of amides is 1. The maximum Gasteiger partial charge on any atom is 0.416 e. The number of carboxylic acid groups (broad SMARTS) is 1. The Balaban J connectivity index is 1.76. The fourth-order valence-electron chi connectivity index (χ4n) is 2.58. The van der Waals surface area contributed by atoms with Gasteiger partial charge in [0.2, 0.25) is 0 Å². The average Bonchev–Trinajstić information content (AvgIpc) is 3.16. The van der Waals surface area contributed by atoms with Gasteiger partial charge in [-0.2, -0.15) is 18.3 Å². The van der Waals surface area contributed by atoms with Gasteiger partial charge >= 0.3 is 6.18 Å². The number of carbonyl (C=O) groups excluding carboxylic acids is 2. The van der Waals surface area contributed by atoms with Gasteiger partial charge in [0, 0.05) is 17.4 Å². The highest BCUT2D eigenvalue weighted by atomic mass is 19.4. The predicted octanol–water partition coefficient (Wildman–Crippen LogP) is 2.62. The third-order valence-corrected chi connectivity index (χ3v) is 3.96. The van der Waals surface area contributed by atoms with E-state index in [1.807, 2.05) is 0 Å². The number of aromatic carboxylic acids is 1. The number of hydrogen-bond donors (Lipinski definition) is 1. The van der Waals surface area contributed by atoms with Gasteiger partial charge < -0.3 is 14.5 Å². The molecule has 9 heteroatoms. The van der Waals surface area contributed by atoms with Crippen LogP contribution in [0, 0.1) is 0 Å². The predicted molar refractivity (Wildman–Crippen MR) is 96.6 cm³/mol. The summed E-state index contributed by atoms with van der Waals surface area (Å²) in [6.07, 6.45) is -1.61. The topological polar surface area (TPSA) is 86.5 Å². The number of rotatable bonds is 5. The van der Waals surface area contributed by atoms with E-state index in [0.717, 1.165) is 18.2 Å². The first-order valence-electron chi connectivity index (χ1n) is 8.25. The molecule has 3 rings (SSSR count). The number of carboxylic acids is 1. The Morgan fingerprint density at radius 3 is 2.45 bits per heavy atom. The summed E-state index contributed by atoms with van der Waals surface area (Å²) >= 11 is 0. The number of hydrogen-bond acceptors (Lipinski definition) is 4. The maximum absolute atomic E-state index is 12.7. The number of nitrogens with one attached hydrogen (secondary N) is 1. The molecule has 2 aromatic carbocycles. The Morgan fingerprint density at radius 2 is 1.72 bits per heavy atom. The smallest absolute Gasteiger partial charge is 0.416 e. The minimum Gasteiger partial charge on any atom is -0.545 e. The number of benzene rings is 2. The van der Waals surface area contributed by atoms with Gasteiger partial charge in [-0.15, -0.1) is 0 Å². The van der Waals surface area contributed by atoms with Gasteiger partial charge in [-0.25, -0.2) is 5.43 Å². The molecule has 0 radical (unpaired) electrons. The van der Waals surface area contributed by atoms with Crippen LogP contribution in [0.5, 0.6) is 0 Å². The lowest BCUT2D eigenvalue weighted by Crippen LogP contribution is -2.22. The van der Waals surface area contributed by atoms with Crippen LogP contribution in [-0.4, -0.2) is 22.7 Å². The van der Waals surface area contributed by atoms with E-state index < -0.39 is 23.6 Å². The van der Waals surface area contributed by atoms with Gasteiger partial charge in [0.1, 0.15) is 0 Å². The molecule has 1 heterocycles. The molecule has 1 amide bonds. The summed E-state index contributed by atoms with van der Waals surface area (Å²) in [4.78, 5) is 23.1. The van der Waals surface area contributed by atoms with Crippen LogP contribution >= 0.6 is 0 Å². The van der Waals surface area contributed by atoms with Gasteiger partial charge in [0.25, 0.3) is 5.91 Å². The van der Waals surface area contributed by atoms with Crippen LogP contribution in [0.1, 0.15) is 32.0 Å². The summed E-state index contributed by atoms with van der Waals surface area (Å²) in [6.45, 7) is 0. The van der Waals surface area contributed by atoms with Crippen molar-refractivity contribution in [3.8, 4) is 5.69 Å². The Kier molecular flexibility index (Phi) is 5.49. The average molecular weight is 400 g/mol. The first-order valence-corrected chi connectivity index (χ1v) is 8.25. The Morgan fingerprint density at radius 1 is 1.00 bits per heavy atom. The number of hydrazone groups is 1. The molecular formula is C20H13F3N3O3-. The Hall–Kier alpha value is -3.88. The Labute approximate surface area is 162 Å². The van der Waals surface area contributed by atoms with Crippen molar-refractivity contribution in [2.75, 3.05) is 0 Å². The maximum atomic E-state index is 12.7. The zero-order valence-corrected chi connectivity index (χ0v) is 14.7. The molecule has 0 spiro atoms. The highest BCUT2D eigenvalue weighted by molar-refractivity contribution is 5.95. The molecule has 0 atom stereocenters. The van der Waals surface area contributed by atoms with Crippen molar-refractivity contribution in [1.29, 1.82) is 0 Å². The monoisotopic (exact) mass is 400 g/mol. The third-order valence-electron chi connectivity index (χ3n) is 3.96. The SMILES string of the molecule is O=C([O-])c1cccc(-n2cccc2/C=N\NC(=O)c2cccc(C(F)(F)F)c2)c1. The van der Waals surface area contributed by atoms with E-state index >= 15 is 0 Å². The molecule has 6 nitrogen and oxygen atoms in total. The quantitative estimate of drug-likeness (QED) is 0.528. The van der Waals surface area contributed by atoms with Crippen LogP contribution < -0.4 is 10.5 Å². The van der Waals surface area contributed by atoms with E-state index in [0.29, 0.717) is 11.4 Å². The number of alkyl halides is 3. The first-order chi connectivity index (χ1) is 13.8. The molecule has 0 aliphatic rings. The van der Waals surface area contributed by atoms with Gasteiger partial charge in [0.15, 0.2) is 0 Å². The van der Waals surface area contributed by atoms with Gasteiger partial charge in [-0.3, -0.25) is 4.79 Å². The molecule has 1 aromatic heterocycles. The minimum absolute atomic E-state index is 0.00284.